The van der Waals surface area contributed by atoms with Crippen molar-refractivity contribution in [3.8, 4) is 0 Å². The molecule has 1 unspecified atom stereocenters. The van der Waals surface area contributed by atoms with E-state index in [1.165, 1.54) is 39.8 Å². The minimum Gasteiger partial charge on any atom is -0.323 e. The molecule has 0 spiro atoms. The summed E-state index contributed by atoms with van der Waals surface area (Å²) in [6.45, 7) is 1.71. The maximum atomic E-state index is 12.5. The molecule has 1 amide bonds. The molecular formula is C16H12Cl3N3O2S2. The van der Waals surface area contributed by atoms with Crippen LogP contribution < -0.4 is 10.9 Å². The van der Waals surface area contributed by atoms with E-state index in [1.54, 1.807) is 20.0 Å². The standard InChI is InChI=1S/C16H12Cl3N3O2S2/c1-7(13(23)20-12-10(18)5-8(17)6-11(12)19)26-16-21-14-9(3-4-25-14)15(24)22(16)2/h3-7H,1-2H3,(H,20,23). The highest BCUT2D eigenvalue weighted by Gasteiger charge is 2.20. The molecule has 0 radical (unpaired) electrons. The lowest BCUT2D eigenvalue weighted by Gasteiger charge is -2.15. The van der Waals surface area contributed by atoms with Crippen molar-refractivity contribution in [3.63, 3.8) is 0 Å². The van der Waals surface area contributed by atoms with Gasteiger partial charge < -0.3 is 5.32 Å². The average Bonchev–Trinajstić information content (AvgIpc) is 3.03. The van der Waals surface area contributed by atoms with Gasteiger partial charge in [0.05, 0.1) is 26.4 Å². The molecule has 0 aliphatic carbocycles. The second-order valence-electron chi connectivity index (χ2n) is 5.39. The highest BCUT2D eigenvalue weighted by atomic mass is 35.5. The topological polar surface area (TPSA) is 64.0 Å². The first-order chi connectivity index (χ1) is 12.3. The molecule has 3 rings (SSSR count). The summed E-state index contributed by atoms with van der Waals surface area (Å²) in [7, 11) is 1.63. The van der Waals surface area contributed by atoms with Crippen LogP contribution in [0.25, 0.3) is 10.2 Å². The zero-order valence-electron chi connectivity index (χ0n) is 13.5. The molecule has 2 aromatic heterocycles. The number of thiophene rings is 1. The molecule has 1 N–H and O–H groups in total. The molecule has 0 aliphatic rings. The third-order valence-electron chi connectivity index (χ3n) is 3.57. The molecule has 26 heavy (non-hydrogen) atoms. The van der Waals surface area contributed by atoms with E-state index in [2.05, 4.69) is 10.3 Å². The first-order valence-electron chi connectivity index (χ1n) is 7.34. The Labute approximate surface area is 172 Å². The number of fused-ring (bicyclic) bond motifs is 1. The Balaban J connectivity index is 1.82. The molecule has 5 nitrogen and oxygen atoms in total. The van der Waals surface area contributed by atoms with Crippen LogP contribution in [-0.4, -0.2) is 20.7 Å². The van der Waals surface area contributed by atoms with Gasteiger partial charge in [0.15, 0.2) is 5.16 Å². The number of halogens is 3. The highest BCUT2D eigenvalue weighted by molar-refractivity contribution is 8.00. The van der Waals surface area contributed by atoms with E-state index in [1.807, 2.05) is 5.38 Å². The summed E-state index contributed by atoms with van der Waals surface area (Å²) in [4.78, 5) is 30.0. The molecule has 0 fully saturated rings. The molecular weight excluding hydrogens is 437 g/mol. The smallest absolute Gasteiger partial charge is 0.262 e. The zero-order chi connectivity index (χ0) is 19.0. The van der Waals surface area contributed by atoms with Gasteiger partial charge >= 0.3 is 0 Å². The number of anilines is 1. The van der Waals surface area contributed by atoms with E-state index in [-0.39, 0.29) is 21.5 Å². The van der Waals surface area contributed by atoms with Crippen molar-refractivity contribution in [2.24, 2.45) is 7.05 Å². The maximum absolute atomic E-state index is 12.5. The van der Waals surface area contributed by atoms with Crippen LogP contribution in [0, 0.1) is 0 Å². The van der Waals surface area contributed by atoms with Gasteiger partial charge in [-0.1, -0.05) is 46.6 Å². The molecule has 0 aliphatic heterocycles. The van der Waals surface area contributed by atoms with E-state index < -0.39 is 5.25 Å². The van der Waals surface area contributed by atoms with Gasteiger partial charge in [-0.25, -0.2) is 4.98 Å². The van der Waals surface area contributed by atoms with Gasteiger partial charge in [-0.15, -0.1) is 11.3 Å². The van der Waals surface area contributed by atoms with Gasteiger partial charge in [0.25, 0.3) is 5.56 Å². The predicted octanol–water partition coefficient (Wildman–Crippen LogP) is 5.07. The van der Waals surface area contributed by atoms with E-state index in [0.717, 1.165) is 0 Å². The van der Waals surface area contributed by atoms with Crippen molar-refractivity contribution in [1.29, 1.82) is 0 Å². The lowest BCUT2D eigenvalue weighted by Crippen LogP contribution is -2.25. The Morgan fingerprint density at radius 1 is 1.31 bits per heavy atom. The van der Waals surface area contributed by atoms with Crippen LogP contribution in [0.3, 0.4) is 0 Å². The number of hydrogen-bond donors (Lipinski definition) is 1. The van der Waals surface area contributed by atoms with Crippen LogP contribution in [0.5, 0.6) is 0 Å². The molecule has 0 bridgehead atoms. The Hall–Kier alpha value is -1.25. The summed E-state index contributed by atoms with van der Waals surface area (Å²) in [5, 5.41) is 5.88. The van der Waals surface area contributed by atoms with Crippen molar-refractivity contribution in [3.05, 3.63) is 49.0 Å². The van der Waals surface area contributed by atoms with E-state index in [4.69, 9.17) is 34.8 Å². The number of nitrogens with one attached hydrogen (secondary N) is 1. The molecule has 10 heteroatoms. The van der Waals surface area contributed by atoms with Crippen molar-refractivity contribution < 1.29 is 4.79 Å². The predicted molar refractivity (Wildman–Crippen MR) is 110 cm³/mol. The molecule has 0 saturated heterocycles. The number of thioether (sulfide) groups is 1. The fraction of sp³-hybridized carbons (Fsp3) is 0.188. The van der Waals surface area contributed by atoms with Crippen LogP contribution in [0.2, 0.25) is 15.1 Å². The zero-order valence-corrected chi connectivity index (χ0v) is 17.4. The monoisotopic (exact) mass is 447 g/mol. The number of rotatable bonds is 4. The molecule has 0 saturated carbocycles. The number of nitrogens with zero attached hydrogens (tertiary/aromatic N) is 2. The number of carbonyl (C=O) groups excluding carboxylic acids is 1. The molecule has 2 heterocycles. The normalized spacial score (nSPS) is 12.3. The summed E-state index contributed by atoms with van der Waals surface area (Å²) in [6, 6.07) is 4.74. The number of carbonyl (C=O) groups is 1. The fourth-order valence-electron chi connectivity index (χ4n) is 2.18. The van der Waals surface area contributed by atoms with Gasteiger partial charge in [-0.2, -0.15) is 0 Å². The lowest BCUT2D eigenvalue weighted by molar-refractivity contribution is -0.115. The Kier molecular flexibility index (Phi) is 5.84. The van der Waals surface area contributed by atoms with Crippen molar-refractivity contribution in [2.75, 3.05) is 5.32 Å². The van der Waals surface area contributed by atoms with Crippen LogP contribution >= 0.6 is 57.9 Å². The van der Waals surface area contributed by atoms with E-state index in [0.29, 0.717) is 26.1 Å². The third kappa shape index (κ3) is 3.87. The van der Waals surface area contributed by atoms with Crippen molar-refractivity contribution in [1.82, 2.24) is 9.55 Å². The lowest BCUT2D eigenvalue weighted by atomic mass is 10.3. The number of amides is 1. The molecule has 1 atom stereocenters. The maximum Gasteiger partial charge on any atom is 0.262 e. The van der Waals surface area contributed by atoms with Gasteiger partial charge in [-0.05, 0) is 30.5 Å². The second kappa shape index (κ2) is 7.78. The Bertz CT molecular complexity index is 1040. The summed E-state index contributed by atoms with van der Waals surface area (Å²) in [5.74, 6) is -0.318. The molecule has 136 valence electrons. The second-order valence-corrected chi connectivity index (χ2v) is 8.85. The number of aromatic nitrogens is 2. The van der Waals surface area contributed by atoms with E-state index >= 15 is 0 Å². The Morgan fingerprint density at radius 3 is 2.62 bits per heavy atom. The molecule has 3 aromatic rings. The first kappa shape index (κ1) is 19.5. The minimum absolute atomic E-state index is 0.143. The minimum atomic E-state index is -0.534. The summed E-state index contributed by atoms with van der Waals surface area (Å²) in [5.41, 5.74) is 0.154. The van der Waals surface area contributed by atoms with Crippen LogP contribution in [-0.2, 0) is 11.8 Å². The van der Waals surface area contributed by atoms with Crippen LogP contribution in [0.4, 0.5) is 5.69 Å². The third-order valence-corrected chi connectivity index (χ3v) is 6.34. The van der Waals surface area contributed by atoms with Gasteiger partial charge in [0.2, 0.25) is 5.91 Å². The molecule has 1 aromatic carbocycles. The first-order valence-corrected chi connectivity index (χ1v) is 10.2. The summed E-state index contributed by atoms with van der Waals surface area (Å²) in [6.07, 6.45) is 0. The van der Waals surface area contributed by atoms with Gasteiger partial charge in [-0.3, -0.25) is 14.2 Å². The van der Waals surface area contributed by atoms with Gasteiger partial charge in [0.1, 0.15) is 4.83 Å². The number of benzene rings is 1. The van der Waals surface area contributed by atoms with Crippen molar-refractivity contribution >= 4 is 79.7 Å². The largest absolute Gasteiger partial charge is 0.323 e. The average molecular weight is 449 g/mol. The van der Waals surface area contributed by atoms with Crippen LogP contribution in [0.1, 0.15) is 6.92 Å². The van der Waals surface area contributed by atoms with Gasteiger partial charge in [0, 0.05) is 12.1 Å². The quantitative estimate of drug-likeness (QED) is 0.447. The fourth-order valence-corrected chi connectivity index (χ4v) is 4.77. The summed E-state index contributed by atoms with van der Waals surface area (Å²) < 4.78 is 1.44. The highest BCUT2D eigenvalue weighted by Crippen LogP contribution is 2.34. The van der Waals surface area contributed by atoms with E-state index in [9.17, 15) is 9.59 Å². The Morgan fingerprint density at radius 2 is 1.96 bits per heavy atom. The van der Waals surface area contributed by atoms with Crippen molar-refractivity contribution in [2.45, 2.75) is 17.3 Å². The summed E-state index contributed by atoms with van der Waals surface area (Å²) >= 11 is 20.6. The van der Waals surface area contributed by atoms with Crippen LogP contribution in [0.15, 0.2) is 33.5 Å². The number of hydrogen-bond acceptors (Lipinski definition) is 5. The SMILES string of the molecule is CC(Sc1nc2sccc2c(=O)n1C)C(=O)Nc1c(Cl)cc(Cl)cc1Cl.